The maximum Gasteiger partial charge on any atom is 0.407 e. The van der Waals surface area contributed by atoms with E-state index in [2.05, 4.69) is 5.32 Å². The average Bonchev–Trinajstić information content (AvgIpc) is 3.63. The third kappa shape index (κ3) is 7.76. The number of anilines is 1. The number of nitrogen functional groups attached to an aromatic ring is 1. The predicted octanol–water partition coefficient (Wildman–Crippen LogP) is 2.62. The second-order valence-corrected chi connectivity index (χ2v) is 11.7. The number of nitrogens with zero attached hydrogens (tertiary/aromatic N) is 1. The van der Waals surface area contributed by atoms with Gasteiger partial charge in [-0.3, -0.25) is 4.84 Å². The minimum absolute atomic E-state index is 0.117. The van der Waals surface area contributed by atoms with Gasteiger partial charge in [-0.1, -0.05) is 47.6 Å². The Labute approximate surface area is 228 Å². The van der Waals surface area contributed by atoms with Crippen LogP contribution in [0, 0.1) is 5.41 Å². The predicted molar refractivity (Wildman–Crippen MR) is 145 cm³/mol. The standard InChI is InChI=1S/C27H36N4O7S/c28-16-20-15-23(10-11-24(20)29)39(34,35)31(38-21-8-4-5-9-21)17-26(32)25(14-19-6-2-1-3-7-19)30-27(33)37-22-12-13-36-18-22/h1-3,6-7,10-11,15-16,21-22,25-26,28,32H,4-5,8-9,12-14,17-18,29H2,(H,30,33)/t22-,25-,26+/m0/s1. The Morgan fingerprint density at radius 2 is 1.92 bits per heavy atom. The van der Waals surface area contributed by atoms with Crippen LogP contribution in [0.15, 0.2) is 53.4 Å². The van der Waals surface area contributed by atoms with Crippen LogP contribution in [0.1, 0.15) is 43.2 Å². The number of benzene rings is 2. The molecule has 0 unspecified atom stereocenters. The van der Waals surface area contributed by atoms with Crippen molar-refractivity contribution in [3.05, 3.63) is 59.7 Å². The number of sulfonamides is 1. The van der Waals surface area contributed by atoms with Crippen LogP contribution in [-0.2, 0) is 30.8 Å². The Morgan fingerprint density at radius 1 is 1.18 bits per heavy atom. The van der Waals surface area contributed by atoms with Crippen LogP contribution in [-0.4, -0.2) is 74.4 Å². The van der Waals surface area contributed by atoms with E-state index in [9.17, 15) is 18.3 Å². The maximum atomic E-state index is 13.7. The summed E-state index contributed by atoms with van der Waals surface area (Å²) in [4.78, 5) is 18.5. The van der Waals surface area contributed by atoms with Crippen molar-refractivity contribution < 1.29 is 32.6 Å². The van der Waals surface area contributed by atoms with Gasteiger partial charge in [-0.2, -0.15) is 0 Å². The molecule has 39 heavy (non-hydrogen) atoms. The maximum absolute atomic E-state index is 13.7. The van der Waals surface area contributed by atoms with E-state index in [1.165, 1.54) is 18.2 Å². The SMILES string of the molecule is N=Cc1cc(S(=O)(=O)N(C[C@@H](O)[C@H](Cc2ccccc2)NC(=O)O[C@H]2CCOC2)OC2CCCC2)ccc1N. The van der Waals surface area contributed by atoms with E-state index in [-0.39, 0.29) is 34.8 Å². The van der Waals surface area contributed by atoms with Gasteiger partial charge in [0.2, 0.25) is 0 Å². The van der Waals surface area contributed by atoms with Gasteiger partial charge in [-0.25, -0.2) is 13.2 Å². The largest absolute Gasteiger partial charge is 0.444 e. The number of carbonyl (C=O) groups is 1. The van der Waals surface area contributed by atoms with E-state index in [4.69, 9.17) is 25.5 Å². The van der Waals surface area contributed by atoms with E-state index in [1.54, 1.807) is 0 Å². The van der Waals surface area contributed by atoms with Crippen LogP contribution in [0.25, 0.3) is 0 Å². The first-order valence-electron chi connectivity index (χ1n) is 13.1. The highest BCUT2D eigenvalue weighted by Gasteiger charge is 2.35. The molecule has 5 N–H and O–H groups in total. The van der Waals surface area contributed by atoms with Crippen LogP contribution in [0.5, 0.6) is 0 Å². The van der Waals surface area contributed by atoms with Gasteiger partial charge in [0.25, 0.3) is 10.0 Å². The number of aliphatic hydroxyl groups is 1. The van der Waals surface area contributed by atoms with E-state index < -0.39 is 34.8 Å². The number of amides is 1. The fourth-order valence-electron chi connectivity index (χ4n) is 4.69. The summed E-state index contributed by atoms with van der Waals surface area (Å²) in [5.41, 5.74) is 7.22. The third-order valence-corrected chi connectivity index (χ3v) is 8.53. The van der Waals surface area contributed by atoms with Gasteiger partial charge in [0.15, 0.2) is 0 Å². The van der Waals surface area contributed by atoms with E-state index in [0.717, 1.165) is 29.1 Å². The summed E-state index contributed by atoms with van der Waals surface area (Å²) in [7, 11) is -4.25. The number of ether oxygens (including phenoxy) is 2. The van der Waals surface area contributed by atoms with Crippen LogP contribution in [0.4, 0.5) is 10.5 Å². The van der Waals surface area contributed by atoms with Crippen molar-refractivity contribution in [1.82, 2.24) is 9.79 Å². The molecule has 1 saturated heterocycles. The second kappa shape index (κ2) is 13.4. The molecule has 4 rings (SSSR count). The van der Waals surface area contributed by atoms with Crippen molar-refractivity contribution in [3.63, 3.8) is 0 Å². The number of carbonyl (C=O) groups excluding carboxylic acids is 1. The Balaban J connectivity index is 1.57. The van der Waals surface area contributed by atoms with E-state index in [1.807, 2.05) is 30.3 Å². The number of hydrogen-bond donors (Lipinski definition) is 4. The molecule has 1 aliphatic heterocycles. The van der Waals surface area contributed by atoms with Crippen LogP contribution in [0.2, 0.25) is 0 Å². The Morgan fingerprint density at radius 3 is 2.59 bits per heavy atom. The van der Waals surface area contributed by atoms with Gasteiger partial charge in [0.05, 0.1) is 42.9 Å². The smallest absolute Gasteiger partial charge is 0.407 e. The first-order chi connectivity index (χ1) is 18.8. The summed E-state index contributed by atoms with van der Waals surface area (Å²) in [6.45, 7) is 0.373. The highest BCUT2D eigenvalue weighted by Crippen LogP contribution is 2.27. The lowest BCUT2D eigenvalue weighted by Gasteiger charge is -2.30. The molecule has 1 heterocycles. The summed E-state index contributed by atoms with van der Waals surface area (Å²) in [6, 6.07) is 12.4. The quantitative estimate of drug-likeness (QED) is 0.175. The number of nitrogens with one attached hydrogen (secondary N) is 2. The zero-order valence-electron chi connectivity index (χ0n) is 21.7. The lowest BCUT2D eigenvalue weighted by molar-refractivity contribution is -0.145. The Bertz CT molecular complexity index is 1220. The molecular weight excluding hydrogens is 524 g/mol. The highest BCUT2D eigenvalue weighted by molar-refractivity contribution is 7.89. The number of alkyl carbamates (subject to hydrolysis) is 1. The summed E-state index contributed by atoms with van der Waals surface area (Å²) < 4.78 is 38.9. The molecule has 12 heteroatoms. The fraction of sp³-hybridized carbons (Fsp3) is 0.481. The molecule has 2 aromatic carbocycles. The minimum Gasteiger partial charge on any atom is -0.444 e. The third-order valence-electron chi connectivity index (χ3n) is 6.91. The first kappa shape index (κ1) is 29.0. The summed E-state index contributed by atoms with van der Waals surface area (Å²) in [5, 5.41) is 21.6. The van der Waals surface area contributed by atoms with E-state index in [0.29, 0.717) is 32.5 Å². The molecule has 0 bridgehead atoms. The van der Waals surface area contributed by atoms with Crippen molar-refractivity contribution in [3.8, 4) is 0 Å². The number of nitrogens with two attached hydrogens (primary N) is 1. The fourth-order valence-corrected chi connectivity index (χ4v) is 6.02. The zero-order valence-corrected chi connectivity index (χ0v) is 22.5. The molecule has 1 saturated carbocycles. The monoisotopic (exact) mass is 560 g/mol. The molecule has 2 aliphatic rings. The highest BCUT2D eigenvalue weighted by atomic mass is 32.2. The summed E-state index contributed by atoms with van der Waals surface area (Å²) in [5.74, 6) is 0. The van der Waals surface area contributed by atoms with Crippen LogP contribution < -0.4 is 11.1 Å². The molecule has 0 aromatic heterocycles. The Hall–Kier alpha value is -3.03. The van der Waals surface area contributed by atoms with Crippen LogP contribution in [0.3, 0.4) is 0 Å². The molecule has 1 aliphatic carbocycles. The number of hydroxylamine groups is 1. The first-order valence-corrected chi connectivity index (χ1v) is 14.6. The van der Waals surface area contributed by atoms with Gasteiger partial charge in [-0.05, 0) is 43.0 Å². The van der Waals surface area contributed by atoms with Crippen molar-refractivity contribution in [1.29, 1.82) is 5.41 Å². The lowest BCUT2D eigenvalue weighted by atomic mass is 10.0. The van der Waals surface area contributed by atoms with Gasteiger partial charge >= 0.3 is 6.09 Å². The molecule has 2 fully saturated rings. The molecule has 0 radical (unpaired) electrons. The normalized spacial score (nSPS) is 19.6. The van der Waals surface area contributed by atoms with Gasteiger partial charge in [-0.15, -0.1) is 0 Å². The Kier molecular flexibility index (Phi) is 9.92. The molecular formula is C27H36N4O7S. The molecule has 2 aromatic rings. The summed E-state index contributed by atoms with van der Waals surface area (Å²) >= 11 is 0. The molecule has 11 nitrogen and oxygen atoms in total. The topological polar surface area (TPSA) is 164 Å². The second-order valence-electron chi connectivity index (χ2n) is 9.84. The van der Waals surface area contributed by atoms with Crippen molar-refractivity contribution in [2.75, 3.05) is 25.5 Å². The lowest BCUT2D eigenvalue weighted by Crippen LogP contribution is -2.51. The number of aliphatic hydroxyl groups excluding tert-OH is 1. The number of hydrogen-bond acceptors (Lipinski definition) is 9. The van der Waals surface area contributed by atoms with Gasteiger partial charge in [0, 0.05) is 23.9 Å². The van der Waals surface area contributed by atoms with Crippen molar-refractivity contribution in [2.45, 2.75) is 67.8 Å². The molecule has 212 valence electrons. The summed E-state index contributed by atoms with van der Waals surface area (Å²) in [6.07, 6.45) is 2.24. The van der Waals surface area contributed by atoms with Crippen molar-refractivity contribution >= 4 is 28.0 Å². The molecule has 1 amide bonds. The van der Waals surface area contributed by atoms with Crippen LogP contribution >= 0.6 is 0 Å². The van der Waals surface area contributed by atoms with E-state index >= 15 is 0 Å². The molecule has 0 spiro atoms. The van der Waals surface area contributed by atoms with Gasteiger partial charge in [0.1, 0.15) is 6.10 Å². The van der Waals surface area contributed by atoms with Gasteiger partial charge < -0.3 is 31.0 Å². The molecule has 3 atom stereocenters. The zero-order chi connectivity index (χ0) is 27.8. The average molecular weight is 561 g/mol. The minimum atomic E-state index is -4.25. The van der Waals surface area contributed by atoms with Crippen molar-refractivity contribution in [2.24, 2.45) is 0 Å². The number of rotatable bonds is 12.